The van der Waals surface area contributed by atoms with Gasteiger partial charge in [0.2, 0.25) is 0 Å². The van der Waals surface area contributed by atoms with Crippen LogP contribution in [0.2, 0.25) is 0 Å². The molecule has 3 unspecified atom stereocenters. The summed E-state index contributed by atoms with van der Waals surface area (Å²) in [5.41, 5.74) is 8.55. The molecule has 2 aliphatic carbocycles. The number of nitrogens with two attached hydrogens (primary N) is 1. The van der Waals surface area contributed by atoms with E-state index in [2.05, 4.69) is 0 Å². The lowest BCUT2D eigenvalue weighted by molar-refractivity contribution is 0.392. The molecule has 0 bridgehead atoms. The van der Waals surface area contributed by atoms with E-state index < -0.39 is 0 Å². The maximum atomic E-state index is 13.0. The van der Waals surface area contributed by atoms with Gasteiger partial charge in [0.1, 0.15) is 5.82 Å². The topological polar surface area (TPSA) is 26.0 Å². The second kappa shape index (κ2) is 4.09. The van der Waals surface area contributed by atoms with Crippen LogP contribution in [0, 0.1) is 30.5 Å². The van der Waals surface area contributed by atoms with Crippen molar-refractivity contribution in [3.05, 3.63) is 35.1 Å². The van der Waals surface area contributed by atoms with E-state index >= 15 is 0 Å². The van der Waals surface area contributed by atoms with Crippen molar-refractivity contribution in [2.24, 2.45) is 23.5 Å². The molecular weight excluding hydrogens is 213 g/mol. The highest BCUT2D eigenvalue weighted by molar-refractivity contribution is 5.27. The van der Waals surface area contributed by atoms with Crippen molar-refractivity contribution in [1.82, 2.24) is 0 Å². The third-order valence-electron chi connectivity index (χ3n) is 4.65. The molecule has 1 nitrogen and oxygen atoms in total. The largest absolute Gasteiger partial charge is 0.327 e. The van der Waals surface area contributed by atoms with Crippen LogP contribution in [0.4, 0.5) is 4.39 Å². The molecule has 2 fully saturated rings. The van der Waals surface area contributed by atoms with Gasteiger partial charge in [0.25, 0.3) is 0 Å². The minimum Gasteiger partial charge on any atom is -0.327 e. The number of rotatable bonds is 3. The Morgan fingerprint density at radius 2 is 2.00 bits per heavy atom. The Kier molecular flexibility index (Phi) is 2.70. The smallest absolute Gasteiger partial charge is 0.123 e. The van der Waals surface area contributed by atoms with E-state index in [0.29, 0.717) is 5.92 Å². The summed E-state index contributed by atoms with van der Waals surface area (Å²) in [5, 5.41) is 0. The normalized spacial score (nSPS) is 32.3. The summed E-state index contributed by atoms with van der Waals surface area (Å²) in [6, 6.07) is 5.29. The first kappa shape index (κ1) is 11.2. The summed E-state index contributed by atoms with van der Waals surface area (Å²) in [7, 11) is 0. The van der Waals surface area contributed by atoms with Gasteiger partial charge in [0.15, 0.2) is 0 Å². The Bertz CT molecular complexity index is 419. The number of hydrogen-bond donors (Lipinski definition) is 1. The number of hydrogen-bond acceptors (Lipinski definition) is 1. The SMILES string of the molecule is Cc1cc(F)ccc1CC(N)C1CC2CC2C1. The van der Waals surface area contributed by atoms with E-state index in [1.807, 2.05) is 13.0 Å². The fraction of sp³-hybridized carbons (Fsp3) is 0.600. The van der Waals surface area contributed by atoms with Crippen molar-refractivity contribution in [2.45, 2.75) is 38.6 Å². The molecule has 2 heteroatoms. The Labute approximate surface area is 102 Å². The first-order chi connectivity index (χ1) is 8.13. The van der Waals surface area contributed by atoms with Crippen LogP contribution in [-0.4, -0.2) is 6.04 Å². The monoisotopic (exact) mass is 233 g/mol. The summed E-state index contributed by atoms with van der Waals surface area (Å²) < 4.78 is 13.0. The molecule has 17 heavy (non-hydrogen) atoms. The molecule has 1 aromatic carbocycles. The molecule has 0 amide bonds. The summed E-state index contributed by atoms with van der Waals surface area (Å²) >= 11 is 0. The third kappa shape index (κ3) is 2.23. The van der Waals surface area contributed by atoms with Crippen molar-refractivity contribution >= 4 is 0 Å². The maximum absolute atomic E-state index is 13.0. The van der Waals surface area contributed by atoms with Crippen LogP contribution in [0.3, 0.4) is 0 Å². The molecule has 0 saturated heterocycles. The lowest BCUT2D eigenvalue weighted by atomic mass is 9.89. The third-order valence-corrected chi connectivity index (χ3v) is 4.65. The van der Waals surface area contributed by atoms with E-state index in [4.69, 9.17) is 5.73 Å². The zero-order valence-corrected chi connectivity index (χ0v) is 10.3. The molecule has 2 aliphatic rings. The Morgan fingerprint density at radius 1 is 1.29 bits per heavy atom. The number of aryl methyl sites for hydroxylation is 1. The second-order valence-electron chi connectivity index (χ2n) is 5.93. The van der Waals surface area contributed by atoms with E-state index in [0.717, 1.165) is 23.8 Å². The molecule has 1 aromatic rings. The minimum absolute atomic E-state index is 0.151. The van der Waals surface area contributed by atoms with Gasteiger partial charge in [-0.05, 0) is 73.6 Å². The molecule has 92 valence electrons. The van der Waals surface area contributed by atoms with Crippen LogP contribution in [0.25, 0.3) is 0 Å². The molecule has 0 radical (unpaired) electrons. The number of fused-ring (bicyclic) bond motifs is 1. The van der Waals surface area contributed by atoms with Crippen molar-refractivity contribution < 1.29 is 4.39 Å². The highest BCUT2D eigenvalue weighted by Crippen LogP contribution is 2.55. The van der Waals surface area contributed by atoms with Gasteiger partial charge in [-0.2, -0.15) is 0 Å². The van der Waals surface area contributed by atoms with Gasteiger partial charge >= 0.3 is 0 Å². The Hall–Kier alpha value is -0.890. The summed E-state index contributed by atoms with van der Waals surface area (Å²) in [6.07, 6.45) is 4.99. The quantitative estimate of drug-likeness (QED) is 0.853. The minimum atomic E-state index is -0.151. The van der Waals surface area contributed by atoms with Crippen LogP contribution in [0.1, 0.15) is 30.4 Å². The van der Waals surface area contributed by atoms with Crippen LogP contribution in [0.15, 0.2) is 18.2 Å². The standard InChI is InChI=1S/C15H20FN/c1-9-4-14(16)3-2-10(9)8-15(17)13-6-11-5-12(11)7-13/h2-4,11-13,15H,5-8,17H2,1H3. The van der Waals surface area contributed by atoms with Gasteiger partial charge in [-0.25, -0.2) is 4.39 Å². The molecule has 0 aliphatic heterocycles. The highest BCUT2D eigenvalue weighted by atomic mass is 19.1. The number of benzene rings is 1. The predicted octanol–water partition coefficient (Wildman–Crippen LogP) is 3.05. The molecule has 2 saturated carbocycles. The van der Waals surface area contributed by atoms with Gasteiger partial charge in [-0.1, -0.05) is 6.07 Å². The number of halogens is 1. The van der Waals surface area contributed by atoms with E-state index in [-0.39, 0.29) is 11.9 Å². The molecule has 3 atom stereocenters. The molecule has 0 spiro atoms. The first-order valence-corrected chi connectivity index (χ1v) is 6.64. The first-order valence-electron chi connectivity index (χ1n) is 6.64. The predicted molar refractivity (Wildman–Crippen MR) is 67.1 cm³/mol. The molecule has 2 N–H and O–H groups in total. The maximum Gasteiger partial charge on any atom is 0.123 e. The molecular formula is C15H20FN. The summed E-state index contributed by atoms with van der Waals surface area (Å²) in [6.45, 7) is 1.97. The Balaban J connectivity index is 1.65. The molecule has 0 heterocycles. The summed E-state index contributed by atoms with van der Waals surface area (Å²) in [5.74, 6) is 2.52. The van der Waals surface area contributed by atoms with Gasteiger partial charge in [-0.3, -0.25) is 0 Å². The van der Waals surface area contributed by atoms with E-state index in [9.17, 15) is 4.39 Å². The molecule has 0 aromatic heterocycles. The van der Waals surface area contributed by atoms with Crippen LogP contribution in [-0.2, 0) is 6.42 Å². The molecule has 3 rings (SSSR count). The fourth-order valence-electron chi connectivity index (χ4n) is 3.42. The van der Waals surface area contributed by atoms with Crippen molar-refractivity contribution in [3.63, 3.8) is 0 Å². The average molecular weight is 233 g/mol. The fourth-order valence-corrected chi connectivity index (χ4v) is 3.42. The van der Waals surface area contributed by atoms with Crippen LogP contribution >= 0.6 is 0 Å². The van der Waals surface area contributed by atoms with Gasteiger partial charge in [-0.15, -0.1) is 0 Å². The van der Waals surface area contributed by atoms with Crippen molar-refractivity contribution in [2.75, 3.05) is 0 Å². The van der Waals surface area contributed by atoms with Crippen molar-refractivity contribution in [3.8, 4) is 0 Å². The van der Waals surface area contributed by atoms with Crippen LogP contribution in [0.5, 0.6) is 0 Å². The van der Waals surface area contributed by atoms with Gasteiger partial charge in [0.05, 0.1) is 0 Å². The van der Waals surface area contributed by atoms with Crippen molar-refractivity contribution in [1.29, 1.82) is 0 Å². The van der Waals surface area contributed by atoms with Gasteiger partial charge < -0.3 is 5.73 Å². The highest BCUT2D eigenvalue weighted by Gasteiger charge is 2.47. The zero-order chi connectivity index (χ0) is 12.0. The van der Waals surface area contributed by atoms with E-state index in [1.165, 1.54) is 24.8 Å². The van der Waals surface area contributed by atoms with Crippen LogP contribution < -0.4 is 5.73 Å². The second-order valence-corrected chi connectivity index (χ2v) is 5.93. The zero-order valence-electron chi connectivity index (χ0n) is 10.3. The summed E-state index contributed by atoms with van der Waals surface area (Å²) in [4.78, 5) is 0. The van der Waals surface area contributed by atoms with Gasteiger partial charge in [0, 0.05) is 6.04 Å². The lowest BCUT2D eigenvalue weighted by Crippen LogP contribution is -2.31. The van der Waals surface area contributed by atoms with E-state index in [1.54, 1.807) is 12.1 Å². The Morgan fingerprint density at radius 3 is 2.65 bits per heavy atom. The lowest BCUT2D eigenvalue weighted by Gasteiger charge is -2.21. The average Bonchev–Trinajstić information content (AvgIpc) is 2.89.